The topological polar surface area (TPSA) is 139 Å². The summed E-state index contributed by atoms with van der Waals surface area (Å²) in [5.41, 5.74) is -4.21. The third-order valence-corrected chi connectivity index (χ3v) is 2.86. The number of aromatic carboxylic acids is 2. The van der Waals surface area contributed by atoms with Crippen molar-refractivity contribution in [3.8, 4) is 11.4 Å². The van der Waals surface area contributed by atoms with E-state index in [1.807, 2.05) is 4.98 Å². The van der Waals surface area contributed by atoms with Crippen molar-refractivity contribution in [1.29, 1.82) is 0 Å². The van der Waals surface area contributed by atoms with Crippen LogP contribution in [0.3, 0.4) is 0 Å². The van der Waals surface area contributed by atoms with Gasteiger partial charge in [-0.3, -0.25) is 9.78 Å². The fourth-order valence-corrected chi connectivity index (χ4v) is 1.86. The lowest BCUT2D eigenvalue weighted by molar-refractivity contribution is 0.0643. The maximum absolute atomic E-state index is 12.2. The second-order valence-corrected chi connectivity index (χ2v) is 4.13. The maximum Gasteiger partial charge on any atom is 0.353 e. The smallest absolute Gasteiger partial charge is 0.353 e. The standard InChI is InChI=1S/C13H10N2O7/c1-22-7-4-2-6(3-5-7)15-10(16)8(11(17)18)9(12(19)20)14-13(15)21/h2-5H,1H3,(H,14,21)(H,17,18)(H,19,20). The molecule has 9 nitrogen and oxygen atoms in total. The van der Waals surface area contributed by atoms with E-state index in [0.29, 0.717) is 10.3 Å². The van der Waals surface area contributed by atoms with Crippen LogP contribution < -0.4 is 16.0 Å². The first-order valence-electron chi connectivity index (χ1n) is 5.87. The van der Waals surface area contributed by atoms with Gasteiger partial charge in [0.25, 0.3) is 5.56 Å². The highest BCUT2D eigenvalue weighted by Gasteiger charge is 2.24. The molecule has 9 heteroatoms. The summed E-state index contributed by atoms with van der Waals surface area (Å²) in [6, 6.07) is 5.66. The normalized spacial score (nSPS) is 10.2. The second-order valence-electron chi connectivity index (χ2n) is 4.13. The van der Waals surface area contributed by atoms with E-state index in [9.17, 15) is 19.2 Å². The molecule has 114 valence electrons. The summed E-state index contributed by atoms with van der Waals surface area (Å²) in [4.78, 5) is 48.1. The summed E-state index contributed by atoms with van der Waals surface area (Å²) in [6.45, 7) is 0. The van der Waals surface area contributed by atoms with Gasteiger partial charge in [0.2, 0.25) is 0 Å². The van der Waals surface area contributed by atoms with Crippen molar-refractivity contribution in [3.63, 3.8) is 0 Å². The predicted molar refractivity (Wildman–Crippen MR) is 73.1 cm³/mol. The molecular formula is C13H10N2O7. The minimum atomic E-state index is -1.75. The molecule has 1 aromatic heterocycles. The molecule has 0 aliphatic carbocycles. The molecule has 0 saturated heterocycles. The van der Waals surface area contributed by atoms with E-state index < -0.39 is 34.4 Å². The fourth-order valence-electron chi connectivity index (χ4n) is 1.86. The van der Waals surface area contributed by atoms with Gasteiger partial charge < -0.3 is 14.9 Å². The first-order chi connectivity index (χ1) is 10.4. The molecule has 22 heavy (non-hydrogen) atoms. The van der Waals surface area contributed by atoms with Crippen LogP contribution in [0.4, 0.5) is 0 Å². The average Bonchev–Trinajstić information content (AvgIpc) is 2.46. The molecule has 0 spiro atoms. The number of hydrogen-bond donors (Lipinski definition) is 3. The lowest BCUT2D eigenvalue weighted by Gasteiger charge is -2.08. The zero-order chi connectivity index (χ0) is 16.4. The lowest BCUT2D eigenvalue weighted by atomic mass is 10.2. The SMILES string of the molecule is COc1ccc(-n2c(=O)[nH]c(C(=O)O)c(C(=O)O)c2=O)cc1. The van der Waals surface area contributed by atoms with Gasteiger partial charge >= 0.3 is 17.6 Å². The molecule has 0 aliphatic rings. The molecule has 0 aliphatic heterocycles. The molecule has 0 radical (unpaired) electrons. The van der Waals surface area contributed by atoms with Gasteiger partial charge in [0.15, 0.2) is 5.56 Å². The summed E-state index contributed by atoms with van der Waals surface area (Å²) in [7, 11) is 1.43. The molecule has 0 fully saturated rings. The summed E-state index contributed by atoms with van der Waals surface area (Å²) < 4.78 is 5.47. The van der Waals surface area contributed by atoms with Gasteiger partial charge in [-0.2, -0.15) is 0 Å². The summed E-state index contributed by atoms with van der Waals surface area (Å²) in [5, 5.41) is 17.9. The predicted octanol–water partition coefficient (Wildman–Crippen LogP) is -0.0692. The summed E-state index contributed by atoms with van der Waals surface area (Å²) in [6.07, 6.45) is 0. The van der Waals surface area contributed by atoms with Crippen LogP contribution in [0.15, 0.2) is 33.9 Å². The fraction of sp³-hybridized carbons (Fsp3) is 0.0769. The van der Waals surface area contributed by atoms with Crippen molar-refractivity contribution >= 4 is 11.9 Å². The molecule has 2 aromatic rings. The maximum atomic E-state index is 12.2. The van der Waals surface area contributed by atoms with Crippen molar-refractivity contribution in [2.75, 3.05) is 7.11 Å². The number of carboxylic acids is 2. The van der Waals surface area contributed by atoms with Crippen molar-refractivity contribution in [3.05, 3.63) is 56.4 Å². The molecule has 0 saturated carbocycles. The third kappa shape index (κ3) is 2.46. The first-order valence-corrected chi connectivity index (χ1v) is 5.87. The molecular weight excluding hydrogens is 296 g/mol. The van der Waals surface area contributed by atoms with Crippen molar-refractivity contribution in [2.45, 2.75) is 0 Å². The van der Waals surface area contributed by atoms with Crippen molar-refractivity contribution < 1.29 is 24.5 Å². The van der Waals surface area contributed by atoms with Gasteiger partial charge in [-0.05, 0) is 24.3 Å². The van der Waals surface area contributed by atoms with E-state index in [0.717, 1.165) is 0 Å². The number of hydrogen-bond acceptors (Lipinski definition) is 5. The minimum absolute atomic E-state index is 0.0755. The molecule has 0 unspecified atom stereocenters. The van der Waals surface area contributed by atoms with E-state index in [2.05, 4.69) is 0 Å². The van der Waals surface area contributed by atoms with Gasteiger partial charge in [-0.1, -0.05) is 0 Å². The number of carbonyl (C=O) groups is 2. The summed E-state index contributed by atoms with van der Waals surface area (Å²) in [5.74, 6) is -3.00. The number of ether oxygens (including phenoxy) is 1. The molecule has 0 atom stereocenters. The Morgan fingerprint density at radius 3 is 2.14 bits per heavy atom. The Balaban J connectivity index is 2.79. The van der Waals surface area contributed by atoms with Crippen LogP contribution in [0.25, 0.3) is 5.69 Å². The largest absolute Gasteiger partial charge is 0.497 e. The second kappa shape index (κ2) is 5.56. The van der Waals surface area contributed by atoms with Gasteiger partial charge in [-0.25, -0.2) is 19.0 Å². The number of carboxylic acid groups (broad SMARTS) is 2. The molecule has 3 N–H and O–H groups in total. The van der Waals surface area contributed by atoms with E-state index in [1.54, 1.807) is 0 Å². The average molecular weight is 306 g/mol. The molecule has 0 bridgehead atoms. The minimum Gasteiger partial charge on any atom is -0.497 e. The Bertz CT molecular complexity index is 861. The van der Waals surface area contributed by atoms with E-state index in [-0.39, 0.29) is 5.69 Å². The number of aromatic amines is 1. The van der Waals surface area contributed by atoms with Gasteiger partial charge in [-0.15, -0.1) is 0 Å². The Morgan fingerprint density at radius 1 is 1.09 bits per heavy atom. The van der Waals surface area contributed by atoms with Gasteiger partial charge in [0.05, 0.1) is 12.8 Å². The third-order valence-electron chi connectivity index (χ3n) is 2.86. The zero-order valence-electron chi connectivity index (χ0n) is 11.2. The van der Waals surface area contributed by atoms with E-state index in [1.165, 1.54) is 31.4 Å². The van der Waals surface area contributed by atoms with Crippen LogP contribution in [-0.2, 0) is 0 Å². The highest BCUT2D eigenvalue weighted by atomic mass is 16.5. The Hall–Kier alpha value is -3.36. The van der Waals surface area contributed by atoms with Crippen LogP contribution in [0, 0.1) is 0 Å². The van der Waals surface area contributed by atoms with Crippen molar-refractivity contribution in [1.82, 2.24) is 9.55 Å². The van der Waals surface area contributed by atoms with E-state index in [4.69, 9.17) is 14.9 Å². The first kappa shape index (κ1) is 15.0. The van der Waals surface area contributed by atoms with Crippen molar-refractivity contribution in [2.24, 2.45) is 0 Å². The van der Waals surface area contributed by atoms with Crippen LogP contribution in [-0.4, -0.2) is 38.8 Å². The van der Waals surface area contributed by atoms with Crippen LogP contribution in [0.5, 0.6) is 5.75 Å². The quantitative estimate of drug-likeness (QED) is 0.718. The Morgan fingerprint density at radius 2 is 1.68 bits per heavy atom. The van der Waals surface area contributed by atoms with Crippen LogP contribution in [0.2, 0.25) is 0 Å². The number of aromatic nitrogens is 2. The number of rotatable bonds is 4. The number of benzene rings is 1. The van der Waals surface area contributed by atoms with Crippen LogP contribution >= 0.6 is 0 Å². The monoisotopic (exact) mass is 306 g/mol. The number of nitrogens with zero attached hydrogens (tertiary/aromatic N) is 1. The lowest BCUT2D eigenvalue weighted by Crippen LogP contribution is -2.40. The highest BCUT2D eigenvalue weighted by Crippen LogP contribution is 2.13. The van der Waals surface area contributed by atoms with Crippen LogP contribution in [0.1, 0.15) is 20.8 Å². The molecule has 2 rings (SSSR count). The molecule has 1 aromatic carbocycles. The molecule has 1 heterocycles. The highest BCUT2D eigenvalue weighted by molar-refractivity contribution is 5.99. The molecule has 0 amide bonds. The zero-order valence-corrected chi connectivity index (χ0v) is 11.2. The van der Waals surface area contributed by atoms with Gasteiger partial charge in [0.1, 0.15) is 11.4 Å². The van der Waals surface area contributed by atoms with Gasteiger partial charge in [0, 0.05) is 0 Å². The number of methoxy groups -OCH3 is 1. The number of nitrogens with one attached hydrogen (secondary N) is 1. The Labute approximate surface area is 122 Å². The Kier molecular flexibility index (Phi) is 3.80. The number of H-pyrrole nitrogens is 1. The summed E-state index contributed by atoms with van der Waals surface area (Å²) >= 11 is 0. The van der Waals surface area contributed by atoms with E-state index >= 15 is 0 Å².